The van der Waals surface area contributed by atoms with E-state index in [0.717, 1.165) is 34.6 Å². The van der Waals surface area contributed by atoms with Crippen molar-refractivity contribution in [3.05, 3.63) is 64.7 Å². The van der Waals surface area contributed by atoms with E-state index in [1.807, 2.05) is 43.0 Å². The number of benzene rings is 2. The molecule has 35 heavy (non-hydrogen) atoms. The first-order valence-corrected chi connectivity index (χ1v) is 15.2. The van der Waals surface area contributed by atoms with E-state index in [-0.39, 0.29) is 17.0 Å². The molecule has 2 aromatic carbocycles. The molecule has 0 saturated heterocycles. The van der Waals surface area contributed by atoms with Gasteiger partial charge in [0.05, 0.1) is 26.9 Å². The summed E-state index contributed by atoms with van der Waals surface area (Å²) in [6, 6.07) is 11.9. The third kappa shape index (κ3) is 5.99. The molecule has 1 aliphatic rings. The molecule has 1 aliphatic heterocycles. The Kier molecular flexibility index (Phi) is 8.17. The third-order valence-corrected chi connectivity index (χ3v) is 12.0. The predicted molar refractivity (Wildman–Crippen MR) is 146 cm³/mol. The zero-order valence-electron chi connectivity index (χ0n) is 22.8. The molecule has 0 saturated carbocycles. The molecule has 0 aromatic heterocycles. The van der Waals surface area contributed by atoms with Crippen LogP contribution in [0.4, 0.5) is 0 Å². The van der Waals surface area contributed by atoms with E-state index in [1.165, 1.54) is 5.57 Å². The summed E-state index contributed by atoms with van der Waals surface area (Å²) in [7, 11) is 1.34. The van der Waals surface area contributed by atoms with Gasteiger partial charge in [-0.25, -0.2) is 0 Å². The maximum absolute atomic E-state index is 13.8. The number of hydrogen-bond donors (Lipinski definition) is 0. The minimum atomic E-state index is -1.98. The van der Waals surface area contributed by atoms with Gasteiger partial charge in [0.2, 0.25) is 0 Å². The van der Waals surface area contributed by atoms with Crippen molar-refractivity contribution in [3.63, 3.8) is 0 Å². The van der Waals surface area contributed by atoms with E-state index in [0.29, 0.717) is 18.7 Å². The summed E-state index contributed by atoms with van der Waals surface area (Å²) in [6.07, 6.45) is 3.01. The van der Waals surface area contributed by atoms with E-state index in [4.69, 9.17) is 13.9 Å². The van der Waals surface area contributed by atoms with Crippen molar-refractivity contribution in [1.82, 2.24) is 4.90 Å². The molecule has 1 atom stereocenters. The Morgan fingerprint density at radius 3 is 2.26 bits per heavy atom. The van der Waals surface area contributed by atoms with Gasteiger partial charge in [0.15, 0.2) is 8.32 Å². The first kappa shape index (κ1) is 27.0. The fourth-order valence-electron chi connectivity index (χ4n) is 4.20. The fraction of sp³-hybridized carbons (Fsp3) is 0.483. The van der Waals surface area contributed by atoms with Gasteiger partial charge in [-0.15, -0.1) is 0 Å². The number of rotatable bonds is 7. The third-order valence-electron chi connectivity index (χ3n) is 7.53. The molecule has 5 nitrogen and oxygen atoms in total. The Bertz CT molecular complexity index is 1080. The van der Waals surface area contributed by atoms with Gasteiger partial charge in [0.1, 0.15) is 11.5 Å². The zero-order valence-corrected chi connectivity index (χ0v) is 23.8. The maximum Gasteiger partial charge on any atom is 0.254 e. The van der Waals surface area contributed by atoms with Crippen molar-refractivity contribution < 1.29 is 18.7 Å². The van der Waals surface area contributed by atoms with Gasteiger partial charge < -0.3 is 18.8 Å². The molecule has 0 aliphatic carbocycles. The second kappa shape index (κ2) is 10.6. The van der Waals surface area contributed by atoms with Gasteiger partial charge in [-0.2, -0.15) is 0 Å². The average molecular weight is 496 g/mol. The zero-order chi connectivity index (χ0) is 26.0. The minimum Gasteiger partial charge on any atom is -0.497 e. The maximum atomic E-state index is 13.8. The molecule has 0 radical (unpaired) electrons. The van der Waals surface area contributed by atoms with E-state index in [1.54, 1.807) is 14.2 Å². The van der Waals surface area contributed by atoms with Crippen molar-refractivity contribution in [2.75, 3.05) is 27.4 Å². The highest BCUT2D eigenvalue weighted by molar-refractivity contribution is 6.74. The largest absolute Gasteiger partial charge is 0.497 e. The molecule has 0 fully saturated rings. The summed E-state index contributed by atoms with van der Waals surface area (Å²) in [5.41, 5.74) is 5.07. The average Bonchev–Trinajstić information content (AvgIpc) is 2.81. The lowest BCUT2D eigenvalue weighted by Crippen LogP contribution is -2.49. The normalized spacial score (nSPS) is 16.7. The number of aryl methyl sites for hydroxylation is 2. The molecule has 2 aromatic rings. The molecule has 6 heteroatoms. The highest BCUT2D eigenvalue weighted by Crippen LogP contribution is 2.37. The quantitative estimate of drug-likeness (QED) is 0.404. The topological polar surface area (TPSA) is 48.0 Å². The number of carbonyl (C=O) groups is 1. The van der Waals surface area contributed by atoms with Crippen LogP contribution in [-0.4, -0.2) is 52.5 Å². The van der Waals surface area contributed by atoms with Crippen LogP contribution >= 0.6 is 0 Å². The number of methoxy groups -OCH3 is 2. The summed E-state index contributed by atoms with van der Waals surface area (Å²) in [4.78, 5) is 15.8. The van der Waals surface area contributed by atoms with Gasteiger partial charge in [-0.05, 0) is 78.9 Å². The van der Waals surface area contributed by atoms with Gasteiger partial charge in [-0.1, -0.05) is 45.0 Å². The van der Waals surface area contributed by atoms with Crippen LogP contribution in [0.3, 0.4) is 0 Å². The Hall–Kier alpha value is -2.57. The second-order valence-corrected chi connectivity index (χ2v) is 15.8. The van der Waals surface area contributed by atoms with Crippen molar-refractivity contribution >= 4 is 19.8 Å². The van der Waals surface area contributed by atoms with E-state index in [9.17, 15) is 4.79 Å². The van der Waals surface area contributed by atoms with Crippen LogP contribution in [0.2, 0.25) is 18.1 Å². The number of nitrogens with zero attached hydrogens (tertiary/aromatic N) is 1. The van der Waals surface area contributed by atoms with Crippen molar-refractivity contribution in [1.29, 1.82) is 0 Å². The van der Waals surface area contributed by atoms with E-state index >= 15 is 0 Å². The molecular formula is C29H41NO4Si. The molecule has 0 bridgehead atoms. The van der Waals surface area contributed by atoms with Crippen molar-refractivity contribution in [2.24, 2.45) is 0 Å². The van der Waals surface area contributed by atoms with Crippen LogP contribution in [-0.2, 0) is 4.43 Å². The Balaban J connectivity index is 1.96. The molecule has 190 valence electrons. The van der Waals surface area contributed by atoms with E-state index < -0.39 is 8.32 Å². The Morgan fingerprint density at radius 1 is 1.03 bits per heavy atom. The van der Waals surface area contributed by atoms with Crippen LogP contribution in [0.1, 0.15) is 54.2 Å². The number of amides is 1. The Labute approximate surface area is 212 Å². The summed E-state index contributed by atoms with van der Waals surface area (Å²) < 4.78 is 17.5. The lowest BCUT2D eigenvalue weighted by molar-refractivity contribution is 0.0653. The van der Waals surface area contributed by atoms with Gasteiger partial charge in [0, 0.05) is 12.1 Å². The summed E-state index contributed by atoms with van der Waals surface area (Å²) in [6.45, 7) is 16.3. The SMILES string of the molecule is COc1ccc(C2=C[C@@H](CO[Si](C)(C)C(C)(C)C)N(C(=O)c3cc(OC)c(C)cc3C)CC2)cc1. The van der Waals surface area contributed by atoms with Crippen LogP contribution < -0.4 is 9.47 Å². The van der Waals surface area contributed by atoms with Crippen LogP contribution in [0, 0.1) is 13.8 Å². The fourth-order valence-corrected chi connectivity index (χ4v) is 5.22. The Morgan fingerprint density at radius 2 is 1.69 bits per heavy atom. The summed E-state index contributed by atoms with van der Waals surface area (Å²) in [5, 5.41) is 0.0972. The minimum absolute atomic E-state index is 0.0228. The van der Waals surface area contributed by atoms with Crippen LogP contribution in [0.25, 0.3) is 5.57 Å². The second-order valence-electron chi connectivity index (χ2n) is 10.9. The van der Waals surface area contributed by atoms with Crippen LogP contribution in [0.5, 0.6) is 11.5 Å². The highest BCUT2D eigenvalue weighted by atomic mass is 28.4. The predicted octanol–water partition coefficient (Wildman–Crippen LogP) is 6.64. The monoisotopic (exact) mass is 495 g/mol. The summed E-state index contributed by atoms with van der Waals surface area (Å²) >= 11 is 0. The smallest absolute Gasteiger partial charge is 0.254 e. The lowest BCUT2D eigenvalue weighted by atomic mass is 9.94. The number of carbonyl (C=O) groups excluding carboxylic acids is 1. The van der Waals surface area contributed by atoms with Crippen LogP contribution in [0.15, 0.2) is 42.5 Å². The highest BCUT2D eigenvalue weighted by Gasteiger charge is 2.39. The first-order valence-electron chi connectivity index (χ1n) is 12.3. The lowest BCUT2D eigenvalue weighted by Gasteiger charge is -2.40. The first-order chi connectivity index (χ1) is 16.4. The molecule has 3 rings (SSSR count). The number of ether oxygens (including phenoxy) is 2. The molecule has 0 spiro atoms. The number of hydrogen-bond acceptors (Lipinski definition) is 4. The molecule has 0 unspecified atom stereocenters. The summed E-state index contributed by atoms with van der Waals surface area (Å²) in [5.74, 6) is 1.60. The van der Waals surface area contributed by atoms with Gasteiger partial charge in [0.25, 0.3) is 5.91 Å². The van der Waals surface area contributed by atoms with Crippen molar-refractivity contribution in [2.45, 2.75) is 65.2 Å². The van der Waals surface area contributed by atoms with E-state index in [2.05, 4.69) is 52.1 Å². The standard InChI is InChI=1S/C29H41NO4Si/c1-20-16-21(2)27(33-7)18-26(20)28(31)30-15-14-23(22-10-12-25(32-6)13-11-22)17-24(30)19-34-35(8,9)29(3,4)5/h10-13,16-18,24H,14-15,19H2,1-9H3/t24-/m0/s1. The molecular weight excluding hydrogens is 454 g/mol. The van der Waals surface area contributed by atoms with Crippen molar-refractivity contribution in [3.8, 4) is 11.5 Å². The van der Waals surface area contributed by atoms with Gasteiger partial charge in [-0.3, -0.25) is 4.79 Å². The molecule has 1 amide bonds. The molecule has 0 N–H and O–H groups in total. The molecule has 1 heterocycles. The van der Waals surface area contributed by atoms with Gasteiger partial charge >= 0.3 is 0 Å².